The molecule has 0 aliphatic rings. The summed E-state index contributed by atoms with van der Waals surface area (Å²) in [5.74, 6) is -0.729. The number of amides is 2. The summed E-state index contributed by atoms with van der Waals surface area (Å²) in [7, 11) is 0. The third kappa shape index (κ3) is 8.13. The van der Waals surface area contributed by atoms with Gasteiger partial charge >= 0.3 is 12.1 Å². The fraction of sp³-hybridized carbons (Fsp3) is 0.241. The Morgan fingerprint density at radius 1 is 0.950 bits per heavy atom. The highest BCUT2D eigenvalue weighted by atomic mass is 16.5. The first-order valence-electron chi connectivity index (χ1n) is 12.9. The lowest BCUT2D eigenvalue weighted by molar-refractivity contribution is -0.139. The summed E-state index contributed by atoms with van der Waals surface area (Å²) in [4.78, 5) is 43.9. The number of nitrogens with one attached hydrogen (secondary N) is 5. The number of alkyl carbamates (subject to hydrolysis) is 1. The van der Waals surface area contributed by atoms with Gasteiger partial charge in [-0.2, -0.15) is 0 Å². The number of carboxylic acids is 1. The van der Waals surface area contributed by atoms with E-state index in [1.165, 1.54) is 0 Å². The van der Waals surface area contributed by atoms with E-state index < -0.39 is 24.0 Å². The highest BCUT2D eigenvalue weighted by molar-refractivity contribution is 6.07. The molecule has 6 N–H and O–H groups in total. The molecule has 40 heavy (non-hydrogen) atoms. The van der Waals surface area contributed by atoms with Gasteiger partial charge in [0, 0.05) is 31.0 Å². The molecule has 1 heterocycles. The molecule has 4 rings (SSSR count). The molecule has 0 saturated heterocycles. The van der Waals surface area contributed by atoms with Crippen LogP contribution in [-0.4, -0.2) is 45.6 Å². The predicted octanol–water partition coefficient (Wildman–Crippen LogP) is 3.25. The van der Waals surface area contributed by atoms with Crippen LogP contribution in [0.5, 0.6) is 0 Å². The number of carbonyl (C=O) groups excluding carboxylic acids is 2. The Morgan fingerprint density at radius 2 is 1.73 bits per heavy atom. The number of benzene rings is 3. The molecular weight excluding hydrogens is 512 g/mol. The first kappa shape index (κ1) is 28.3. The standard InChI is InChI=1S/C29H32N6O5/c36-27(24-13-12-21(22-9-4-5-10-23(22)24)17-30-18-26-31-15-16-32-26)35-34-25(28(37)38)11-6-14-33-29(39)40-19-20-7-2-1-3-8-20/h1-5,7-10,12-13,15-16,25,30,34H,6,11,14,17-19H2,(H,31,32)(H,33,39)(H,35,36)(H,37,38)/t25-/m0/s1. The maximum Gasteiger partial charge on any atom is 0.407 e. The SMILES string of the molecule is O=C(NCCC[C@H](NNC(=O)c1ccc(CNCc2ncc[nH]2)c2ccccc12)C(=O)O)OCc1ccccc1. The van der Waals surface area contributed by atoms with Gasteiger partial charge in [-0.15, -0.1) is 0 Å². The summed E-state index contributed by atoms with van der Waals surface area (Å²) in [5.41, 5.74) is 7.46. The van der Waals surface area contributed by atoms with E-state index in [0.717, 1.165) is 27.7 Å². The van der Waals surface area contributed by atoms with Crippen LogP contribution in [0.4, 0.5) is 4.79 Å². The average molecular weight is 545 g/mol. The highest BCUT2D eigenvalue weighted by Crippen LogP contribution is 2.23. The van der Waals surface area contributed by atoms with Crippen molar-refractivity contribution in [3.8, 4) is 0 Å². The van der Waals surface area contributed by atoms with Crippen molar-refractivity contribution in [3.63, 3.8) is 0 Å². The lowest BCUT2D eigenvalue weighted by atomic mass is 9.99. The topological polar surface area (TPSA) is 157 Å². The van der Waals surface area contributed by atoms with Crippen molar-refractivity contribution >= 4 is 28.7 Å². The van der Waals surface area contributed by atoms with Crippen molar-refractivity contribution in [1.29, 1.82) is 0 Å². The molecule has 0 saturated carbocycles. The van der Waals surface area contributed by atoms with Crippen LogP contribution in [0, 0.1) is 0 Å². The van der Waals surface area contributed by atoms with Crippen LogP contribution >= 0.6 is 0 Å². The van der Waals surface area contributed by atoms with Crippen molar-refractivity contribution in [2.24, 2.45) is 0 Å². The number of hydrogen-bond donors (Lipinski definition) is 6. The largest absolute Gasteiger partial charge is 0.480 e. The lowest BCUT2D eigenvalue weighted by Gasteiger charge is -2.17. The van der Waals surface area contributed by atoms with E-state index in [9.17, 15) is 19.5 Å². The van der Waals surface area contributed by atoms with E-state index in [1.807, 2.05) is 60.7 Å². The molecule has 0 fully saturated rings. The second kappa shape index (κ2) is 14.4. The molecular formula is C29H32N6O5. The first-order chi connectivity index (χ1) is 19.5. The quantitative estimate of drug-likeness (QED) is 0.104. The van der Waals surface area contributed by atoms with Gasteiger partial charge in [-0.05, 0) is 40.8 Å². The van der Waals surface area contributed by atoms with Crippen LogP contribution in [0.25, 0.3) is 10.8 Å². The van der Waals surface area contributed by atoms with Crippen molar-refractivity contribution < 1.29 is 24.2 Å². The molecule has 3 aromatic carbocycles. The number of nitrogens with zero attached hydrogens (tertiary/aromatic N) is 1. The van der Waals surface area contributed by atoms with E-state index in [0.29, 0.717) is 25.1 Å². The minimum atomic E-state index is -1.12. The van der Waals surface area contributed by atoms with E-state index in [4.69, 9.17) is 4.74 Å². The van der Waals surface area contributed by atoms with Gasteiger partial charge < -0.3 is 25.5 Å². The number of H-pyrrole nitrogens is 1. The molecule has 0 aliphatic heterocycles. The molecule has 4 aromatic rings. The molecule has 2 amide bonds. The highest BCUT2D eigenvalue weighted by Gasteiger charge is 2.19. The normalized spacial score (nSPS) is 11.6. The average Bonchev–Trinajstić information content (AvgIpc) is 3.49. The molecule has 0 unspecified atom stereocenters. The monoisotopic (exact) mass is 544 g/mol. The summed E-state index contributed by atoms with van der Waals surface area (Å²) in [5, 5.41) is 17.2. The molecule has 0 spiro atoms. The number of aromatic nitrogens is 2. The lowest BCUT2D eigenvalue weighted by Crippen LogP contribution is -2.48. The summed E-state index contributed by atoms with van der Waals surface area (Å²) in [6.45, 7) is 1.53. The van der Waals surface area contributed by atoms with Crippen LogP contribution in [0.2, 0.25) is 0 Å². The number of hydrogen-bond acceptors (Lipinski definition) is 7. The Labute approximate surface area is 231 Å². The number of hydrazine groups is 1. The second-order valence-corrected chi connectivity index (χ2v) is 9.08. The Balaban J connectivity index is 1.26. The maximum atomic E-state index is 13.0. The van der Waals surface area contributed by atoms with Crippen molar-refractivity contribution in [2.75, 3.05) is 6.54 Å². The van der Waals surface area contributed by atoms with Gasteiger partial charge in [-0.3, -0.25) is 15.0 Å². The van der Waals surface area contributed by atoms with Crippen molar-refractivity contribution in [2.45, 2.75) is 38.6 Å². The molecule has 0 bridgehead atoms. The number of carboxylic acid groups (broad SMARTS) is 1. The van der Waals surface area contributed by atoms with E-state index in [-0.39, 0.29) is 19.6 Å². The number of imidazole rings is 1. The maximum absolute atomic E-state index is 13.0. The van der Waals surface area contributed by atoms with Crippen molar-refractivity contribution in [3.05, 3.63) is 102 Å². The van der Waals surface area contributed by atoms with Gasteiger partial charge in [0.15, 0.2) is 0 Å². The van der Waals surface area contributed by atoms with Gasteiger partial charge in [0.25, 0.3) is 5.91 Å². The zero-order chi connectivity index (χ0) is 28.2. The second-order valence-electron chi connectivity index (χ2n) is 9.08. The third-order valence-corrected chi connectivity index (χ3v) is 6.23. The molecule has 0 aliphatic carbocycles. The van der Waals surface area contributed by atoms with Gasteiger partial charge in [-0.25, -0.2) is 15.2 Å². The van der Waals surface area contributed by atoms with E-state index in [1.54, 1.807) is 18.5 Å². The third-order valence-electron chi connectivity index (χ3n) is 6.23. The smallest absolute Gasteiger partial charge is 0.407 e. The molecule has 0 radical (unpaired) electrons. The number of aliphatic carboxylic acids is 1. The van der Waals surface area contributed by atoms with Gasteiger partial charge in [-0.1, -0.05) is 60.7 Å². The summed E-state index contributed by atoms with van der Waals surface area (Å²) in [6.07, 6.45) is 3.43. The van der Waals surface area contributed by atoms with Gasteiger partial charge in [0.2, 0.25) is 0 Å². The molecule has 208 valence electrons. The van der Waals surface area contributed by atoms with Crippen LogP contribution in [0.15, 0.2) is 79.1 Å². The Kier molecular flexibility index (Phi) is 10.2. The fourth-order valence-electron chi connectivity index (χ4n) is 4.17. The minimum Gasteiger partial charge on any atom is -0.480 e. The zero-order valence-electron chi connectivity index (χ0n) is 21.9. The minimum absolute atomic E-state index is 0.148. The van der Waals surface area contributed by atoms with E-state index >= 15 is 0 Å². The number of carbonyl (C=O) groups is 3. The van der Waals surface area contributed by atoms with Crippen LogP contribution < -0.4 is 21.5 Å². The fourth-order valence-corrected chi connectivity index (χ4v) is 4.17. The Morgan fingerprint density at radius 3 is 2.48 bits per heavy atom. The molecule has 11 nitrogen and oxygen atoms in total. The van der Waals surface area contributed by atoms with Gasteiger partial charge in [0.05, 0.1) is 6.54 Å². The van der Waals surface area contributed by atoms with Crippen molar-refractivity contribution in [1.82, 2.24) is 31.5 Å². The summed E-state index contributed by atoms with van der Waals surface area (Å²) < 4.78 is 5.15. The van der Waals surface area contributed by atoms with Crippen LogP contribution in [0.3, 0.4) is 0 Å². The van der Waals surface area contributed by atoms with Crippen LogP contribution in [-0.2, 0) is 29.2 Å². The summed E-state index contributed by atoms with van der Waals surface area (Å²) >= 11 is 0. The zero-order valence-corrected chi connectivity index (χ0v) is 21.9. The first-order valence-corrected chi connectivity index (χ1v) is 12.9. The molecule has 11 heteroatoms. The van der Waals surface area contributed by atoms with Gasteiger partial charge in [0.1, 0.15) is 18.5 Å². The Hall–Kier alpha value is -4.74. The number of rotatable bonds is 14. The number of aromatic amines is 1. The Bertz CT molecular complexity index is 1410. The molecule has 1 atom stereocenters. The van der Waals surface area contributed by atoms with Crippen LogP contribution in [0.1, 0.15) is 40.2 Å². The molecule has 1 aromatic heterocycles. The summed E-state index contributed by atoms with van der Waals surface area (Å²) in [6, 6.07) is 19.4. The number of fused-ring (bicyclic) bond motifs is 1. The number of ether oxygens (including phenoxy) is 1. The van der Waals surface area contributed by atoms with E-state index in [2.05, 4.69) is 31.5 Å². The predicted molar refractivity (Wildman–Crippen MR) is 149 cm³/mol.